The number of aliphatic hydroxyl groups is 1. The summed E-state index contributed by atoms with van der Waals surface area (Å²) in [5.41, 5.74) is 0.452. The lowest BCUT2D eigenvalue weighted by Crippen LogP contribution is -2.08. The molecule has 1 unspecified atom stereocenters. The molecule has 0 aliphatic carbocycles. The first-order valence-electron chi connectivity index (χ1n) is 6.13. The Morgan fingerprint density at radius 3 is 2.75 bits per heavy atom. The van der Waals surface area contributed by atoms with E-state index >= 15 is 0 Å². The minimum Gasteiger partial charge on any atom is -0.493 e. The number of benzene rings is 1. The van der Waals surface area contributed by atoms with Gasteiger partial charge in [0.15, 0.2) is 11.5 Å². The van der Waals surface area contributed by atoms with E-state index in [0.717, 1.165) is 0 Å². The number of hydrogen-bond acceptors (Lipinski definition) is 4. The van der Waals surface area contributed by atoms with Crippen LogP contribution in [0.15, 0.2) is 12.1 Å². The monoisotopic (exact) mass is 292 g/mol. The molecule has 1 aromatic rings. The van der Waals surface area contributed by atoms with Crippen LogP contribution in [0, 0.1) is 0 Å². The van der Waals surface area contributed by atoms with E-state index in [0.29, 0.717) is 22.8 Å². The molecule has 0 saturated carbocycles. The van der Waals surface area contributed by atoms with E-state index in [1.165, 1.54) is 7.11 Å². The molecule has 2 rings (SSSR count). The first-order valence-corrected chi connectivity index (χ1v) is 6.13. The second-order valence-corrected chi connectivity index (χ2v) is 4.48. The third-order valence-electron chi connectivity index (χ3n) is 3.00. The van der Waals surface area contributed by atoms with Gasteiger partial charge in [0.05, 0.1) is 13.2 Å². The normalized spacial score (nSPS) is 15.2. The maximum atomic E-state index is 12.1. The zero-order valence-corrected chi connectivity index (χ0v) is 10.9. The van der Waals surface area contributed by atoms with Crippen LogP contribution in [0.1, 0.15) is 30.9 Å². The topological polar surface area (TPSA) is 47.9 Å². The van der Waals surface area contributed by atoms with E-state index in [1.807, 2.05) is 0 Å². The predicted octanol–water partition coefficient (Wildman–Crippen LogP) is 3.19. The Morgan fingerprint density at radius 1 is 1.35 bits per heavy atom. The van der Waals surface area contributed by atoms with Gasteiger partial charge in [-0.3, -0.25) is 0 Å². The van der Waals surface area contributed by atoms with Gasteiger partial charge in [-0.1, -0.05) is 0 Å². The molecule has 0 saturated heterocycles. The van der Waals surface area contributed by atoms with Crippen LogP contribution in [-0.4, -0.2) is 25.2 Å². The molecule has 7 heteroatoms. The van der Waals surface area contributed by atoms with Crippen molar-refractivity contribution < 1.29 is 32.5 Å². The lowest BCUT2D eigenvalue weighted by molar-refractivity contribution is -0.136. The van der Waals surface area contributed by atoms with Gasteiger partial charge in [-0.15, -0.1) is 0 Å². The molecule has 1 atom stereocenters. The molecule has 0 radical (unpaired) electrons. The average molecular weight is 292 g/mol. The minimum absolute atomic E-state index is 0.0162. The van der Waals surface area contributed by atoms with E-state index in [-0.39, 0.29) is 19.6 Å². The van der Waals surface area contributed by atoms with Gasteiger partial charge in [0.2, 0.25) is 12.5 Å². The predicted molar refractivity (Wildman–Crippen MR) is 64.0 cm³/mol. The highest BCUT2D eigenvalue weighted by molar-refractivity contribution is 5.55. The summed E-state index contributed by atoms with van der Waals surface area (Å²) < 4.78 is 51.7. The van der Waals surface area contributed by atoms with Crippen LogP contribution in [0.5, 0.6) is 17.2 Å². The summed E-state index contributed by atoms with van der Waals surface area (Å²) in [6.07, 6.45) is -6.23. The maximum Gasteiger partial charge on any atom is 0.389 e. The van der Waals surface area contributed by atoms with Crippen LogP contribution in [0.25, 0.3) is 0 Å². The lowest BCUT2D eigenvalue weighted by Gasteiger charge is -2.14. The third kappa shape index (κ3) is 3.47. The number of rotatable bonds is 5. The van der Waals surface area contributed by atoms with Gasteiger partial charge in [0.1, 0.15) is 0 Å². The lowest BCUT2D eigenvalue weighted by atomic mass is 10.0. The molecule has 1 aliphatic rings. The summed E-state index contributed by atoms with van der Waals surface area (Å²) in [6, 6.07) is 3.11. The molecular formula is C13H15F3O4. The molecule has 1 N–H and O–H groups in total. The van der Waals surface area contributed by atoms with Crippen molar-refractivity contribution in [3.8, 4) is 17.2 Å². The number of fused-ring (bicyclic) bond motifs is 1. The Kier molecular flexibility index (Phi) is 4.27. The van der Waals surface area contributed by atoms with Gasteiger partial charge in [-0.05, 0) is 30.5 Å². The quantitative estimate of drug-likeness (QED) is 0.905. The molecule has 112 valence electrons. The first-order chi connectivity index (χ1) is 9.40. The van der Waals surface area contributed by atoms with E-state index in [1.54, 1.807) is 12.1 Å². The van der Waals surface area contributed by atoms with Crippen LogP contribution >= 0.6 is 0 Å². The highest BCUT2D eigenvalue weighted by Gasteiger charge is 2.27. The van der Waals surface area contributed by atoms with Crippen LogP contribution in [0.3, 0.4) is 0 Å². The summed E-state index contributed by atoms with van der Waals surface area (Å²) in [5.74, 6) is 1.26. The summed E-state index contributed by atoms with van der Waals surface area (Å²) >= 11 is 0. The average Bonchev–Trinajstić information content (AvgIpc) is 2.83. The fraction of sp³-hybridized carbons (Fsp3) is 0.538. The van der Waals surface area contributed by atoms with E-state index in [2.05, 4.69) is 0 Å². The fourth-order valence-electron chi connectivity index (χ4n) is 2.00. The summed E-state index contributed by atoms with van der Waals surface area (Å²) in [7, 11) is 1.44. The fourth-order valence-corrected chi connectivity index (χ4v) is 2.00. The number of halogens is 3. The minimum atomic E-state index is -4.20. The zero-order valence-electron chi connectivity index (χ0n) is 10.9. The van der Waals surface area contributed by atoms with Gasteiger partial charge >= 0.3 is 6.18 Å². The Bertz CT molecular complexity index is 473. The molecule has 0 fully saturated rings. The second kappa shape index (κ2) is 5.78. The van der Waals surface area contributed by atoms with Gasteiger partial charge in [0, 0.05) is 6.42 Å². The summed E-state index contributed by atoms with van der Waals surface area (Å²) in [6.45, 7) is 0.0549. The smallest absolute Gasteiger partial charge is 0.389 e. The SMILES string of the molecule is COc1cc(C(O)CCCC(F)(F)F)cc2c1OCO2. The molecular weight excluding hydrogens is 277 g/mol. The van der Waals surface area contributed by atoms with Crippen molar-refractivity contribution >= 4 is 0 Å². The standard InChI is InChI=1S/C13H15F3O4/c1-18-10-5-8(6-11-12(10)20-7-19-11)9(17)3-2-4-13(14,15)16/h5-6,9,17H,2-4,7H2,1H3. The Hall–Kier alpha value is -1.63. The van der Waals surface area contributed by atoms with Crippen molar-refractivity contribution in [2.75, 3.05) is 13.9 Å². The third-order valence-corrected chi connectivity index (χ3v) is 3.00. The number of hydrogen-bond donors (Lipinski definition) is 1. The molecule has 0 bridgehead atoms. The molecule has 1 aliphatic heterocycles. The number of methoxy groups -OCH3 is 1. The van der Waals surface area contributed by atoms with E-state index < -0.39 is 18.7 Å². The molecule has 1 heterocycles. The van der Waals surface area contributed by atoms with E-state index in [9.17, 15) is 18.3 Å². The van der Waals surface area contributed by atoms with Gasteiger partial charge in [0.25, 0.3) is 0 Å². The molecule has 0 spiro atoms. The van der Waals surface area contributed by atoms with E-state index in [4.69, 9.17) is 14.2 Å². The van der Waals surface area contributed by atoms with Gasteiger partial charge in [-0.25, -0.2) is 0 Å². The maximum absolute atomic E-state index is 12.1. The molecule has 20 heavy (non-hydrogen) atoms. The van der Waals surface area contributed by atoms with Crippen molar-refractivity contribution in [2.24, 2.45) is 0 Å². The number of ether oxygens (including phenoxy) is 3. The van der Waals surface area contributed by atoms with Gasteiger partial charge in [-0.2, -0.15) is 13.2 Å². The van der Waals surface area contributed by atoms with Crippen molar-refractivity contribution in [1.82, 2.24) is 0 Å². The van der Waals surface area contributed by atoms with Crippen LogP contribution in [0.2, 0.25) is 0 Å². The highest BCUT2D eigenvalue weighted by atomic mass is 19.4. The summed E-state index contributed by atoms with van der Waals surface area (Å²) in [5, 5.41) is 9.95. The van der Waals surface area contributed by atoms with Crippen molar-refractivity contribution in [3.05, 3.63) is 17.7 Å². The van der Waals surface area contributed by atoms with Crippen molar-refractivity contribution in [1.29, 1.82) is 0 Å². The highest BCUT2D eigenvalue weighted by Crippen LogP contribution is 2.43. The zero-order chi connectivity index (χ0) is 14.8. The van der Waals surface area contributed by atoms with Gasteiger partial charge < -0.3 is 19.3 Å². The molecule has 0 aromatic heterocycles. The van der Waals surface area contributed by atoms with Crippen molar-refractivity contribution in [2.45, 2.75) is 31.5 Å². The Balaban J connectivity index is 2.05. The molecule has 4 nitrogen and oxygen atoms in total. The van der Waals surface area contributed by atoms with Crippen molar-refractivity contribution in [3.63, 3.8) is 0 Å². The number of alkyl halides is 3. The van der Waals surface area contributed by atoms with Crippen LogP contribution < -0.4 is 14.2 Å². The molecule has 1 aromatic carbocycles. The second-order valence-electron chi connectivity index (χ2n) is 4.48. The first kappa shape index (κ1) is 14.8. The van der Waals surface area contributed by atoms with Crippen LogP contribution in [0.4, 0.5) is 13.2 Å². The molecule has 0 amide bonds. The largest absolute Gasteiger partial charge is 0.493 e. The Labute approximate surface area is 114 Å². The Morgan fingerprint density at radius 2 is 2.10 bits per heavy atom. The number of aliphatic hydroxyl groups excluding tert-OH is 1. The summed E-state index contributed by atoms with van der Waals surface area (Å²) in [4.78, 5) is 0. The van der Waals surface area contributed by atoms with Crippen LogP contribution in [-0.2, 0) is 0 Å².